The van der Waals surface area contributed by atoms with Crippen molar-refractivity contribution < 1.29 is 33.4 Å². The van der Waals surface area contributed by atoms with Crippen molar-refractivity contribution in [3.8, 4) is 47.3 Å². The van der Waals surface area contributed by atoms with Crippen LogP contribution in [0.5, 0.6) is 34.5 Å². The van der Waals surface area contributed by atoms with Crippen LogP contribution in [0.25, 0.3) is 0 Å². The highest BCUT2D eigenvalue weighted by molar-refractivity contribution is 6.34. The fourth-order valence-corrected chi connectivity index (χ4v) is 5.30. The summed E-state index contributed by atoms with van der Waals surface area (Å²) in [6.07, 6.45) is 8.00. The second kappa shape index (κ2) is 12.4. The summed E-state index contributed by atoms with van der Waals surface area (Å²) >= 11 is 0. The van der Waals surface area contributed by atoms with Gasteiger partial charge in [0.1, 0.15) is 34.5 Å². The summed E-state index contributed by atoms with van der Waals surface area (Å²) in [4.78, 5) is 53.6. The van der Waals surface area contributed by atoms with Gasteiger partial charge in [0, 0.05) is 19.2 Å². The average Bonchev–Trinajstić information content (AvgIpc) is 3.45. The molecule has 230 valence electrons. The summed E-state index contributed by atoms with van der Waals surface area (Å²) in [5, 5.41) is 0. The van der Waals surface area contributed by atoms with Crippen LogP contribution in [0.3, 0.4) is 0 Å². The lowest BCUT2D eigenvalue weighted by atomic mass is 10.1. The van der Waals surface area contributed by atoms with Crippen LogP contribution in [0.2, 0.25) is 0 Å². The van der Waals surface area contributed by atoms with E-state index in [9.17, 15) is 19.2 Å². The van der Waals surface area contributed by atoms with Crippen molar-refractivity contribution in [3.05, 3.63) is 137 Å². The molecule has 5 aromatic carbocycles. The maximum atomic E-state index is 13.5. The van der Waals surface area contributed by atoms with E-state index < -0.39 is 17.7 Å². The Kier molecular flexibility index (Phi) is 8.00. The molecule has 2 heterocycles. The number of hydrogen-bond donors (Lipinski definition) is 0. The number of carbonyl (C=O) groups excluding carboxylic acids is 4. The molecule has 0 fully saturated rings. The van der Waals surface area contributed by atoms with Crippen molar-refractivity contribution in [2.75, 3.05) is 11.9 Å². The van der Waals surface area contributed by atoms with E-state index in [0.717, 1.165) is 15.4 Å². The standard InChI is InChI=1S/C36H24N2O7.C2H2/c1-21-6-3-8-23(16-21)43-25-10-5-11-26(18-25)44-24-9-4-7-22(17-24)38-35(41)30-15-13-28(20-32(30)36(38)42)45-27-12-14-29-31(19-27)34(40)37(2)33(29)39;1-2/h3-20H,1-2H3;1-2H. The third kappa shape index (κ3) is 5.79. The summed E-state index contributed by atoms with van der Waals surface area (Å²) in [5.74, 6) is 1.09. The van der Waals surface area contributed by atoms with Crippen molar-refractivity contribution in [2.45, 2.75) is 6.92 Å². The van der Waals surface area contributed by atoms with Crippen LogP contribution in [0.15, 0.2) is 109 Å². The number of carbonyl (C=O) groups is 4. The molecule has 0 saturated heterocycles. The van der Waals surface area contributed by atoms with E-state index in [-0.39, 0.29) is 22.6 Å². The summed E-state index contributed by atoms with van der Waals surface area (Å²) in [6.45, 7) is 1.99. The number of benzene rings is 5. The van der Waals surface area contributed by atoms with Gasteiger partial charge in [-0.25, -0.2) is 4.90 Å². The first-order chi connectivity index (χ1) is 22.7. The molecule has 9 heteroatoms. The smallest absolute Gasteiger partial charge is 0.266 e. The number of fused-ring (bicyclic) bond motifs is 2. The predicted molar refractivity (Wildman–Crippen MR) is 175 cm³/mol. The number of amides is 4. The zero-order chi connectivity index (χ0) is 33.2. The van der Waals surface area contributed by atoms with Gasteiger partial charge in [0.25, 0.3) is 23.6 Å². The SMILES string of the molecule is C#C.Cc1cccc(Oc2cccc(Oc3cccc(N4C(=O)c5ccc(Oc6ccc7c(c6)C(=O)N(C)C7=O)cc5C4=O)c3)c2)c1. The Labute approximate surface area is 270 Å². The Morgan fingerprint density at radius 3 is 1.49 bits per heavy atom. The number of terminal acetylenes is 1. The first kappa shape index (κ1) is 30.4. The van der Waals surface area contributed by atoms with Crippen molar-refractivity contribution in [2.24, 2.45) is 0 Å². The maximum absolute atomic E-state index is 13.5. The summed E-state index contributed by atoms with van der Waals surface area (Å²) < 4.78 is 18.0. The van der Waals surface area contributed by atoms with Gasteiger partial charge in [-0.1, -0.05) is 24.3 Å². The zero-order valence-corrected chi connectivity index (χ0v) is 25.3. The highest BCUT2D eigenvalue weighted by Gasteiger charge is 2.37. The van der Waals surface area contributed by atoms with Crippen molar-refractivity contribution >= 4 is 29.3 Å². The third-order valence-electron chi connectivity index (χ3n) is 7.50. The highest BCUT2D eigenvalue weighted by atomic mass is 16.5. The lowest BCUT2D eigenvalue weighted by molar-refractivity contribution is 0.0692. The molecule has 47 heavy (non-hydrogen) atoms. The van der Waals surface area contributed by atoms with Crippen molar-refractivity contribution in [1.29, 1.82) is 0 Å². The minimum atomic E-state index is -0.512. The number of anilines is 1. The van der Waals surface area contributed by atoms with E-state index >= 15 is 0 Å². The molecule has 4 amide bonds. The lowest BCUT2D eigenvalue weighted by Gasteiger charge is -2.15. The predicted octanol–water partition coefficient (Wildman–Crippen LogP) is 7.65. The molecule has 0 atom stereocenters. The number of hydrogen-bond acceptors (Lipinski definition) is 7. The van der Waals surface area contributed by atoms with Gasteiger partial charge in [0.2, 0.25) is 0 Å². The van der Waals surface area contributed by atoms with Gasteiger partial charge in [-0.05, 0) is 85.3 Å². The van der Waals surface area contributed by atoms with E-state index in [1.54, 1.807) is 48.5 Å². The minimum Gasteiger partial charge on any atom is -0.457 e. The lowest BCUT2D eigenvalue weighted by Crippen LogP contribution is -2.29. The first-order valence-corrected chi connectivity index (χ1v) is 14.4. The molecule has 7 rings (SSSR count). The number of aryl methyl sites for hydroxylation is 1. The Balaban J connectivity index is 0.00000190. The quantitative estimate of drug-likeness (QED) is 0.136. The first-order valence-electron chi connectivity index (χ1n) is 14.4. The molecule has 0 spiro atoms. The Morgan fingerprint density at radius 1 is 0.468 bits per heavy atom. The second-order valence-corrected chi connectivity index (χ2v) is 10.6. The zero-order valence-electron chi connectivity index (χ0n) is 25.3. The van der Waals surface area contributed by atoms with E-state index in [1.807, 2.05) is 43.3 Å². The Hall–Kier alpha value is -6.66. The molecule has 0 saturated carbocycles. The number of imide groups is 2. The van der Waals surface area contributed by atoms with Gasteiger partial charge in [-0.3, -0.25) is 24.1 Å². The molecule has 0 bridgehead atoms. The van der Waals surface area contributed by atoms with Crippen molar-refractivity contribution in [1.82, 2.24) is 4.90 Å². The number of ether oxygens (including phenoxy) is 3. The maximum Gasteiger partial charge on any atom is 0.266 e. The van der Waals surface area contributed by atoms with E-state index in [2.05, 4.69) is 12.8 Å². The van der Waals surface area contributed by atoms with Crippen LogP contribution < -0.4 is 19.1 Å². The fourth-order valence-electron chi connectivity index (χ4n) is 5.30. The van der Waals surface area contributed by atoms with Gasteiger partial charge in [-0.2, -0.15) is 0 Å². The molecule has 0 N–H and O–H groups in total. The summed E-state index contributed by atoms with van der Waals surface area (Å²) in [7, 11) is 1.42. The summed E-state index contributed by atoms with van der Waals surface area (Å²) in [5.41, 5.74) is 2.38. The van der Waals surface area contributed by atoms with E-state index in [4.69, 9.17) is 14.2 Å². The van der Waals surface area contributed by atoms with E-state index in [0.29, 0.717) is 45.7 Å². The van der Waals surface area contributed by atoms with Crippen LogP contribution >= 0.6 is 0 Å². The third-order valence-corrected chi connectivity index (χ3v) is 7.50. The highest BCUT2D eigenvalue weighted by Crippen LogP contribution is 2.36. The van der Waals surface area contributed by atoms with Crippen LogP contribution in [0.1, 0.15) is 47.0 Å². The molecular formula is C38H26N2O7. The fraction of sp³-hybridized carbons (Fsp3) is 0.0526. The molecule has 0 aromatic heterocycles. The molecular weight excluding hydrogens is 596 g/mol. The van der Waals surface area contributed by atoms with Crippen LogP contribution in [0.4, 0.5) is 5.69 Å². The Morgan fingerprint density at radius 2 is 0.894 bits per heavy atom. The normalized spacial score (nSPS) is 13.1. The topological polar surface area (TPSA) is 102 Å². The van der Waals surface area contributed by atoms with Gasteiger partial charge < -0.3 is 14.2 Å². The van der Waals surface area contributed by atoms with Crippen LogP contribution in [-0.4, -0.2) is 35.6 Å². The number of nitrogens with zero attached hydrogens (tertiary/aromatic N) is 2. The van der Waals surface area contributed by atoms with Gasteiger partial charge in [-0.15, -0.1) is 12.8 Å². The molecule has 9 nitrogen and oxygen atoms in total. The number of rotatable bonds is 7. The Bertz CT molecular complexity index is 2120. The molecule has 0 unspecified atom stereocenters. The van der Waals surface area contributed by atoms with Crippen molar-refractivity contribution in [3.63, 3.8) is 0 Å². The molecule has 2 aliphatic rings. The monoisotopic (exact) mass is 622 g/mol. The van der Waals surface area contributed by atoms with Gasteiger partial charge in [0.05, 0.1) is 27.9 Å². The minimum absolute atomic E-state index is 0.178. The second-order valence-electron chi connectivity index (χ2n) is 10.6. The van der Waals surface area contributed by atoms with Crippen LogP contribution in [-0.2, 0) is 0 Å². The van der Waals surface area contributed by atoms with E-state index in [1.165, 1.54) is 31.3 Å². The van der Waals surface area contributed by atoms with Crippen LogP contribution in [0, 0.1) is 19.8 Å². The van der Waals surface area contributed by atoms with Gasteiger partial charge in [0.15, 0.2) is 0 Å². The largest absolute Gasteiger partial charge is 0.457 e. The molecule has 0 radical (unpaired) electrons. The average molecular weight is 623 g/mol. The molecule has 0 aliphatic carbocycles. The molecule has 2 aliphatic heterocycles. The summed E-state index contributed by atoms with van der Waals surface area (Å²) in [6, 6.07) is 30.8. The molecule has 5 aromatic rings. The van der Waals surface area contributed by atoms with Gasteiger partial charge >= 0.3 is 0 Å².